The number of rotatable bonds is 18. The second kappa shape index (κ2) is 30.2. The lowest BCUT2D eigenvalue weighted by molar-refractivity contribution is -0.116. The van der Waals surface area contributed by atoms with Gasteiger partial charge in [0.15, 0.2) is 11.5 Å². The fraction of sp³-hybridized carbons (Fsp3) is 0.254. The van der Waals surface area contributed by atoms with Crippen molar-refractivity contribution < 1.29 is 96.9 Å². The first kappa shape index (κ1) is 75.7. The van der Waals surface area contributed by atoms with Crippen molar-refractivity contribution in [2.24, 2.45) is 0 Å². The minimum absolute atomic E-state index is 0.0917. The highest BCUT2D eigenvalue weighted by molar-refractivity contribution is 8.00. The Bertz CT molecular complexity index is 4400. The monoisotopic (exact) mass is 1400 g/mol. The van der Waals surface area contributed by atoms with Crippen molar-refractivity contribution in [3.05, 3.63) is 203 Å². The molecule has 0 saturated heterocycles. The molecule has 0 unspecified atom stereocenters. The Kier molecular flexibility index (Phi) is 23.8. The van der Waals surface area contributed by atoms with Gasteiger partial charge in [-0.25, -0.2) is 0 Å². The second-order valence-electron chi connectivity index (χ2n) is 23.3. The molecule has 0 aliphatic carbocycles. The summed E-state index contributed by atoms with van der Waals surface area (Å²) in [6.45, 7) is 16.6. The largest absolute Gasteiger partial charge is 0.524 e. The number of benzene rings is 8. The third-order valence-electron chi connectivity index (χ3n) is 13.7. The molecule has 8 rings (SSSR count). The van der Waals surface area contributed by atoms with Crippen molar-refractivity contribution in [1.29, 1.82) is 0 Å². The molecule has 0 bridgehead atoms. The van der Waals surface area contributed by atoms with Crippen LogP contribution < -0.4 is 40.0 Å². The zero-order chi connectivity index (χ0) is 71.6. The SMILES string of the molecule is COc1ccc(-c2ccc(Oc3ccccc3C(C)(C)C)c(NC(=O)Cc3ccc(C)cc3)c2)cc1N.COc1ccc(-c2ccc(Oc3ccccc3C(C)(C)C)c(NC(=O)Cc3ccc(C)cc3)c2)cc1NS(=O)(=O)C(F)(F)F.O=S(=O)(OS(=O)(=O)C(F)(F)F)C(F)(F)F. The molecule has 0 aliphatic heterocycles. The fourth-order valence-electron chi connectivity index (χ4n) is 8.83. The van der Waals surface area contributed by atoms with E-state index in [1.165, 1.54) is 19.2 Å². The van der Waals surface area contributed by atoms with E-state index in [2.05, 4.69) is 58.2 Å². The van der Waals surface area contributed by atoms with Gasteiger partial charge in [-0.2, -0.15) is 64.8 Å². The van der Waals surface area contributed by atoms with Crippen molar-refractivity contribution in [2.45, 2.75) is 95.6 Å². The number of aryl methyl sites for hydroxylation is 2. The fourth-order valence-corrected chi connectivity index (χ4v) is 11.0. The number of halogens is 9. The summed E-state index contributed by atoms with van der Waals surface area (Å²) >= 11 is 0. The first-order valence-electron chi connectivity index (χ1n) is 28.5. The molecule has 0 fully saturated rings. The molecule has 17 nitrogen and oxygen atoms in total. The van der Waals surface area contributed by atoms with E-state index in [-0.39, 0.29) is 41.2 Å². The lowest BCUT2D eigenvalue weighted by atomic mass is 9.86. The van der Waals surface area contributed by atoms with Gasteiger partial charge in [0.2, 0.25) is 11.8 Å². The van der Waals surface area contributed by atoms with Gasteiger partial charge in [-0.05, 0) is 119 Å². The van der Waals surface area contributed by atoms with Gasteiger partial charge in [0.1, 0.15) is 23.0 Å². The number of nitrogens with one attached hydrogen (secondary N) is 3. The molecule has 8 aromatic carbocycles. The normalized spacial score (nSPS) is 12.2. The highest BCUT2D eigenvalue weighted by atomic mass is 32.3. The summed E-state index contributed by atoms with van der Waals surface area (Å²) < 4.78 is 198. The van der Waals surface area contributed by atoms with Crippen LogP contribution in [0.25, 0.3) is 22.3 Å². The van der Waals surface area contributed by atoms with Crippen molar-refractivity contribution in [3.63, 3.8) is 0 Å². The van der Waals surface area contributed by atoms with Crippen molar-refractivity contribution in [3.8, 4) is 56.8 Å². The van der Waals surface area contributed by atoms with Gasteiger partial charge in [0.25, 0.3) is 0 Å². The van der Waals surface area contributed by atoms with E-state index in [1.807, 2.05) is 145 Å². The number of amides is 2. The molecule has 0 saturated carbocycles. The van der Waals surface area contributed by atoms with Crippen LogP contribution in [0.2, 0.25) is 0 Å². The Labute approximate surface area is 550 Å². The minimum Gasteiger partial charge on any atom is -0.495 e. The summed E-state index contributed by atoms with van der Waals surface area (Å²) in [6.07, 6.45) is 0.354. The molecule has 0 radical (unpaired) electrons. The highest BCUT2D eigenvalue weighted by Gasteiger charge is 2.57. The Morgan fingerprint density at radius 2 is 0.750 bits per heavy atom. The van der Waals surface area contributed by atoms with Gasteiger partial charge in [-0.3, -0.25) is 14.3 Å². The van der Waals surface area contributed by atoms with Gasteiger partial charge < -0.3 is 35.3 Å². The quantitative estimate of drug-likeness (QED) is 0.0355. The maximum Gasteiger partial charge on any atom is 0.524 e. The number of nitrogen functional groups attached to an aromatic ring is 1. The number of ether oxygens (including phenoxy) is 4. The molecule has 0 aliphatic rings. The standard InChI is InChI=1S/C33H33F3N2O5S.C32H34N2O3.C2F6O5S2/c1-21-10-12-22(13-11-21)18-31(39)37-26-19-23(15-17-30(26)43-28-9-7-6-8-25(28)32(2,3)4)24-14-16-29(42-5)27(20-24)38-44(40,41)33(34,35)36;1-21-10-12-22(13-11-21)18-31(35)34-27-20-24(23-14-16-29(36-5)26(33)19-23)15-17-30(27)37-28-9-7-6-8-25(28)32(2,3)4;3-1(4,5)14(9,10)13-15(11,12)2(6,7)8/h6-17,19-20,38H,18H2,1-5H3,(H,37,39);6-17,19-20H,18,33H2,1-5H3,(H,34,35);. The summed E-state index contributed by atoms with van der Waals surface area (Å²) in [6, 6.07) is 51.5. The number of carbonyl (C=O) groups excluding carboxylic acids is 2. The zero-order valence-corrected chi connectivity index (χ0v) is 55.5. The molecule has 0 aromatic heterocycles. The third-order valence-corrected chi connectivity index (χ3v) is 17.4. The molecule has 514 valence electrons. The van der Waals surface area contributed by atoms with Crippen LogP contribution >= 0.6 is 0 Å². The molecule has 96 heavy (non-hydrogen) atoms. The van der Waals surface area contributed by atoms with Gasteiger partial charge in [-0.1, -0.05) is 162 Å². The van der Waals surface area contributed by atoms with E-state index >= 15 is 0 Å². The summed E-state index contributed by atoms with van der Waals surface area (Å²) in [5.41, 5.74) is -2.53. The topological polar surface area (TPSA) is 245 Å². The Hall–Kier alpha value is -9.32. The van der Waals surface area contributed by atoms with Gasteiger partial charge in [0.05, 0.1) is 49.8 Å². The molecule has 2 amide bonds. The predicted octanol–water partition coefficient (Wildman–Crippen LogP) is 16.4. The second-order valence-corrected chi connectivity index (χ2v) is 28.3. The van der Waals surface area contributed by atoms with Crippen LogP contribution in [-0.4, -0.2) is 67.8 Å². The lowest BCUT2D eigenvalue weighted by Crippen LogP contribution is -2.34. The first-order valence-corrected chi connectivity index (χ1v) is 32.8. The number of hydrogen-bond donors (Lipinski definition) is 4. The molecule has 5 N–H and O–H groups in total. The first-order chi connectivity index (χ1) is 44.4. The Morgan fingerprint density at radius 1 is 0.417 bits per heavy atom. The lowest BCUT2D eigenvalue weighted by Gasteiger charge is -2.23. The third kappa shape index (κ3) is 20.4. The molecule has 0 heterocycles. The molecule has 0 atom stereocenters. The molecular formula is C67H67F9N4O13S3. The number of carbonyl (C=O) groups is 2. The smallest absolute Gasteiger partial charge is 0.495 e. The Morgan fingerprint density at radius 3 is 1.08 bits per heavy atom. The Balaban J connectivity index is 0.000000253. The van der Waals surface area contributed by atoms with Crippen LogP contribution in [0.15, 0.2) is 170 Å². The van der Waals surface area contributed by atoms with Gasteiger partial charge in [-0.15, -0.1) is 3.63 Å². The average Bonchev–Trinajstić information content (AvgIpc) is 0.805. The van der Waals surface area contributed by atoms with Crippen molar-refractivity contribution in [1.82, 2.24) is 0 Å². The molecule has 8 aromatic rings. The summed E-state index contributed by atoms with van der Waals surface area (Å²) in [4.78, 5) is 26.2. The van der Waals surface area contributed by atoms with Crippen LogP contribution in [0.3, 0.4) is 0 Å². The predicted molar refractivity (Wildman–Crippen MR) is 348 cm³/mol. The van der Waals surface area contributed by atoms with Crippen LogP contribution in [0.1, 0.15) is 74.9 Å². The number of hydrogen-bond acceptors (Lipinski definition) is 14. The highest BCUT2D eigenvalue weighted by Crippen LogP contribution is 2.43. The molecular weight excluding hydrogens is 1340 g/mol. The van der Waals surface area contributed by atoms with Crippen molar-refractivity contribution >= 4 is 64.8 Å². The summed E-state index contributed by atoms with van der Waals surface area (Å²) in [7, 11) is -16.6. The number of anilines is 4. The molecule has 29 heteroatoms. The maximum atomic E-state index is 13.2. The van der Waals surface area contributed by atoms with Gasteiger partial charge in [0, 0.05) is 11.1 Å². The maximum absolute atomic E-state index is 13.2. The van der Waals surface area contributed by atoms with Crippen LogP contribution in [0, 0.1) is 13.8 Å². The van der Waals surface area contributed by atoms with Crippen LogP contribution in [0.5, 0.6) is 34.5 Å². The van der Waals surface area contributed by atoms with E-state index in [9.17, 15) is 74.4 Å². The van der Waals surface area contributed by atoms with E-state index < -0.39 is 52.5 Å². The molecule has 0 spiro atoms. The number of nitrogens with two attached hydrogens (primary N) is 1. The van der Waals surface area contributed by atoms with Crippen molar-refractivity contribution in [2.75, 3.05) is 35.3 Å². The average molecular weight is 1400 g/mol. The van der Waals surface area contributed by atoms with Crippen LogP contribution in [0.4, 0.5) is 62.3 Å². The number of methoxy groups -OCH3 is 2. The van der Waals surface area contributed by atoms with E-state index in [1.54, 1.807) is 36.1 Å². The van der Waals surface area contributed by atoms with E-state index in [4.69, 9.17) is 24.7 Å². The minimum atomic E-state index is -6.85. The summed E-state index contributed by atoms with van der Waals surface area (Å²) in [5.74, 6) is 2.34. The van der Waals surface area contributed by atoms with E-state index in [0.29, 0.717) is 51.2 Å². The number of alkyl halides is 9. The van der Waals surface area contributed by atoms with Gasteiger partial charge >= 0.3 is 46.8 Å². The van der Waals surface area contributed by atoms with Crippen LogP contribution in [-0.2, 0) is 67.1 Å². The zero-order valence-electron chi connectivity index (χ0n) is 53.1. The van der Waals surface area contributed by atoms with E-state index in [0.717, 1.165) is 50.3 Å². The number of para-hydroxylation sites is 2. The number of sulfonamides is 1. The summed E-state index contributed by atoms with van der Waals surface area (Å²) in [5, 5.41) is 5.99.